The Morgan fingerprint density at radius 2 is 2.29 bits per heavy atom. The van der Waals surface area contributed by atoms with Gasteiger partial charge in [-0.05, 0) is 44.0 Å². The summed E-state index contributed by atoms with van der Waals surface area (Å²) in [5, 5.41) is 4.26. The fraction of sp³-hybridized carbons (Fsp3) is 0.462. The van der Waals surface area contributed by atoms with Gasteiger partial charge in [-0.2, -0.15) is 0 Å². The van der Waals surface area contributed by atoms with Crippen LogP contribution >= 0.6 is 11.5 Å². The van der Waals surface area contributed by atoms with Crippen molar-refractivity contribution in [2.75, 3.05) is 13.1 Å². The number of rotatable bonds is 2. The Labute approximate surface area is 104 Å². The van der Waals surface area contributed by atoms with Crippen LogP contribution in [0.15, 0.2) is 29.1 Å². The van der Waals surface area contributed by atoms with Crippen LogP contribution in [0.25, 0.3) is 10.1 Å². The molecule has 1 saturated heterocycles. The summed E-state index contributed by atoms with van der Waals surface area (Å²) in [5.74, 6) is 0.606. The van der Waals surface area contributed by atoms with Gasteiger partial charge in [0.1, 0.15) is 0 Å². The lowest BCUT2D eigenvalue weighted by Gasteiger charge is -2.22. The minimum atomic E-state index is 0.177. The Balaban J connectivity index is 1.89. The summed E-state index contributed by atoms with van der Waals surface area (Å²) in [7, 11) is 0. The molecule has 2 aromatic rings. The molecule has 1 N–H and O–H groups in total. The fourth-order valence-electron chi connectivity index (χ4n) is 2.45. The molecule has 1 fully saturated rings. The second kappa shape index (κ2) is 4.63. The van der Waals surface area contributed by atoms with Crippen molar-refractivity contribution in [3.63, 3.8) is 0 Å². The molecule has 0 saturated carbocycles. The van der Waals surface area contributed by atoms with Gasteiger partial charge in [-0.1, -0.05) is 23.7 Å². The Hall–Kier alpha value is -1.13. The molecule has 2 heterocycles. The quantitative estimate of drug-likeness (QED) is 0.882. The lowest BCUT2D eigenvalue weighted by atomic mass is 10.00. The molecule has 90 valence electrons. The highest BCUT2D eigenvalue weighted by molar-refractivity contribution is 7.13. The van der Waals surface area contributed by atoms with Crippen LogP contribution in [0, 0.1) is 5.92 Å². The third-order valence-corrected chi connectivity index (χ3v) is 4.46. The summed E-state index contributed by atoms with van der Waals surface area (Å²) in [6.45, 7) is 3.03. The maximum absolute atomic E-state index is 12.2. The third kappa shape index (κ3) is 2.15. The van der Waals surface area contributed by atoms with Crippen LogP contribution in [0.4, 0.5) is 0 Å². The topological polar surface area (TPSA) is 34.0 Å². The van der Waals surface area contributed by atoms with Gasteiger partial charge in [0, 0.05) is 6.54 Å². The molecule has 0 spiro atoms. The average molecular weight is 248 g/mol. The van der Waals surface area contributed by atoms with Gasteiger partial charge in [0.05, 0.1) is 10.1 Å². The molecule has 1 aliphatic rings. The van der Waals surface area contributed by atoms with E-state index >= 15 is 0 Å². The first-order valence-corrected chi connectivity index (χ1v) is 6.91. The highest BCUT2D eigenvalue weighted by Crippen LogP contribution is 2.19. The molecule has 4 heteroatoms. The van der Waals surface area contributed by atoms with E-state index in [4.69, 9.17) is 0 Å². The zero-order valence-corrected chi connectivity index (χ0v) is 10.5. The SMILES string of the molecule is O=c1c2ccccc2sn1CC1CCCNC1. The predicted octanol–water partition coefficient (Wildman–Crippen LogP) is 2.06. The maximum Gasteiger partial charge on any atom is 0.268 e. The van der Waals surface area contributed by atoms with Crippen LogP contribution in [0.5, 0.6) is 0 Å². The summed E-state index contributed by atoms with van der Waals surface area (Å²) < 4.78 is 3.02. The lowest BCUT2D eigenvalue weighted by molar-refractivity contribution is 0.343. The van der Waals surface area contributed by atoms with Crippen molar-refractivity contribution >= 4 is 21.6 Å². The van der Waals surface area contributed by atoms with E-state index < -0.39 is 0 Å². The maximum atomic E-state index is 12.2. The van der Waals surface area contributed by atoms with Gasteiger partial charge in [0.2, 0.25) is 0 Å². The summed E-state index contributed by atoms with van der Waals surface area (Å²) in [4.78, 5) is 12.2. The molecule has 1 aliphatic heterocycles. The normalized spacial score (nSPS) is 20.8. The Morgan fingerprint density at radius 3 is 3.06 bits per heavy atom. The van der Waals surface area contributed by atoms with E-state index in [-0.39, 0.29) is 5.56 Å². The van der Waals surface area contributed by atoms with Gasteiger partial charge in [0.25, 0.3) is 5.56 Å². The molecule has 17 heavy (non-hydrogen) atoms. The van der Waals surface area contributed by atoms with Crippen molar-refractivity contribution in [1.82, 2.24) is 9.27 Å². The fourth-order valence-corrected chi connectivity index (χ4v) is 3.55. The van der Waals surface area contributed by atoms with Gasteiger partial charge >= 0.3 is 0 Å². The number of nitrogens with one attached hydrogen (secondary N) is 1. The zero-order valence-electron chi connectivity index (χ0n) is 9.69. The molecular formula is C13H16N2OS. The number of hydrogen-bond donors (Lipinski definition) is 1. The predicted molar refractivity (Wildman–Crippen MR) is 71.7 cm³/mol. The lowest BCUT2D eigenvalue weighted by Crippen LogP contribution is -2.33. The number of fused-ring (bicyclic) bond motifs is 1. The summed E-state index contributed by atoms with van der Waals surface area (Å²) in [6, 6.07) is 7.87. The van der Waals surface area contributed by atoms with Crippen LogP contribution in [-0.4, -0.2) is 17.0 Å². The molecule has 1 unspecified atom stereocenters. The number of nitrogens with zero attached hydrogens (tertiary/aromatic N) is 1. The molecule has 0 aliphatic carbocycles. The van der Waals surface area contributed by atoms with Crippen LogP contribution in [0.3, 0.4) is 0 Å². The van der Waals surface area contributed by atoms with Crippen molar-refractivity contribution in [3.05, 3.63) is 34.6 Å². The monoisotopic (exact) mass is 248 g/mol. The first kappa shape index (κ1) is 11.0. The second-order valence-corrected chi connectivity index (χ2v) is 5.73. The number of benzene rings is 1. The van der Waals surface area contributed by atoms with Gasteiger partial charge in [-0.3, -0.25) is 8.75 Å². The van der Waals surface area contributed by atoms with Gasteiger partial charge in [0.15, 0.2) is 0 Å². The van der Waals surface area contributed by atoms with Crippen LogP contribution in [0.1, 0.15) is 12.8 Å². The van der Waals surface area contributed by atoms with Crippen molar-refractivity contribution in [3.8, 4) is 0 Å². The van der Waals surface area contributed by atoms with E-state index in [1.54, 1.807) is 11.5 Å². The molecule has 1 aromatic heterocycles. The summed E-state index contributed by atoms with van der Waals surface area (Å²) in [5.41, 5.74) is 0.177. The number of piperidine rings is 1. The van der Waals surface area contributed by atoms with E-state index in [9.17, 15) is 4.79 Å². The molecule has 0 radical (unpaired) electrons. The molecule has 1 aromatic carbocycles. The largest absolute Gasteiger partial charge is 0.316 e. The molecule has 3 rings (SSSR count). The second-order valence-electron chi connectivity index (χ2n) is 4.67. The van der Waals surface area contributed by atoms with E-state index in [1.807, 2.05) is 28.2 Å². The first-order valence-electron chi connectivity index (χ1n) is 6.14. The zero-order chi connectivity index (χ0) is 11.7. The highest BCUT2D eigenvalue weighted by atomic mass is 32.1. The smallest absolute Gasteiger partial charge is 0.268 e. The molecule has 0 amide bonds. The third-order valence-electron chi connectivity index (χ3n) is 3.38. The summed E-state index contributed by atoms with van der Waals surface area (Å²) >= 11 is 1.59. The Kier molecular flexibility index (Phi) is 2.99. The minimum Gasteiger partial charge on any atom is -0.316 e. The van der Waals surface area contributed by atoms with Crippen LogP contribution in [-0.2, 0) is 6.54 Å². The van der Waals surface area contributed by atoms with Crippen LogP contribution < -0.4 is 10.9 Å². The van der Waals surface area contributed by atoms with Crippen molar-refractivity contribution in [1.29, 1.82) is 0 Å². The standard InChI is InChI=1S/C13H16N2OS/c16-13-11-5-1-2-6-12(11)17-15(13)9-10-4-3-7-14-8-10/h1-2,5-6,10,14H,3-4,7-9H2. The van der Waals surface area contributed by atoms with Crippen molar-refractivity contribution in [2.45, 2.75) is 19.4 Å². The summed E-state index contributed by atoms with van der Waals surface area (Å²) in [6.07, 6.45) is 2.46. The van der Waals surface area contributed by atoms with Crippen LogP contribution in [0.2, 0.25) is 0 Å². The number of hydrogen-bond acceptors (Lipinski definition) is 3. The van der Waals surface area contributed by atoms with Gasteiger partial charge < -0.3 is 5.32 Å². The van der Waals surface area contributed by atoms with Gasteiger partial charge in [-0.25, -0.2) is 0 Å². The van der Waals surface area contributed by atoms with E-state index in [2.05, 4.69) is 5.32 Å². The number of aromatic nitrogens is 1. The van der Waals surface area contributed by atoms with Gasteiger partial charge in [-0.15, -0.1) is 0 Å². The molecule has 0 bridgehead atoms. The Bertz CT molecular complexity index is 566. The first-order chi connectivity index (χ1) is 8.34. The highest BCUT2D eigenvalue weighted by Gasteiger charge is 2.16. The average Bonchev–Trinajstić information content (AvgIpc) is 2.68. The molecular weight excluding hydrogens is 232 g/mol. The van der Waals surface area contributed by atoms with Crippen molar-refractivity contribution in [2.24, 2.45) is 5.92 Å². The van der Waals surface area contributed by atoms with E-state index in [1.165, 1.54) is 12.8 Å². The Morgan fingerprint density at radius 1 is 1.41 bits per heavy atom. The van der Waals surface area contributed by atoms with E-state index in [0.29, 0.717) is 5.92 Å². The van der Waals surface area contributed by atoms with E-state index in [0.717, 1.165) is 29.7 Å². The minimum absolute atomic E-state index is 0.177. The van der Waals surface area contributed by atoms with Crippen molar-refractivity contribution < 1.29 is 0 Å². The molecule has 3 nitrogen and oxygen atoms in total. The molecule has 1 atom stereocenters.